The van der Waals surface area contributed by atoms with Gasteiger partial charge in [-0.05, 0) is 19.4 Å². The summed E-state index contributed by atoms with van der Waals surface area (Å²) in [5.41, 5.74) is 1.13. The molecule has 2 aromatic rings. The third-order valence-corrected chi connectivity index (χ3v) is 5.62. The van der Waals surface area contributed by atoms with E-state index in [1.807, 2.05) is 0 Å². The van der Waals surface area contributed by atoms with E-state index in [2.05, 4.69) is 33.0 Å². The second-order valence-corrected chi connectivity index (χ2v) is 9.21. The first-order chi connectivity index (χ1) is 10.9. The number of thioether (sulfide) groups is 1. The van der Waals surface area contributed by atoms with Crippen LogP contribution in [0.5, 0.6) is 0 Å². The van der Waals surface area contributed by atoms with Crippen LogP contribution in [0.25, 0.3) is 10.2 Å². The van der Waals surface area contributed by atoms with Crippen molar-refractivity contribution in [3.63, 3.8) is 0 Å². The van der Waals surface area contributed by atoms with Crippen LogP contribution in [0.2, 0.25) is 0 Å². The van der Waals surface area contributed by atoms with Crippen LogP contribution in [0, 0.1) is 0 Å². The van der Waals surface area contributed by atoms with Gasteiger partial charge in [0.1, 0.15) is 10.6 Å². The molecule has 0 bridgehead atoms. The lowest BCUT2D eigenvalue weighted by Crippen LogP contribution is -2.31. The molecule has 23 heavy (non-hydrogen) atoms. The zero-order valence-electron chi connectivity index (χ0n) is 14.0. The van der Waals surface area contributed by atoms with Gasteiger partial charge in [-0.1, -0.05) is 25.6 Å². The molecule has 7 heteroatoms. The van der Waals surface area contributed by atoms with Crippen LogP contribution in [0.1, 0.15) is 38.1 Å². The first kappa shape index (κ1) is 17.0. The number of nitrogens with one attached hydrogen (secondary N) is 1. The number of thiophene rings is 1. The van der Waals surface area contributed by atoms with Gasteiger partial charge < -0.3 is 15.2 Å². The van der Waals surface area contributed by atoms with Crippen LogP contribution >= 0.6 is 23.1 Å². The number of anilines is 1. The third-order valence-electron chi connectivity index (χ3n) is 3.66. The number of aliphatic hydroxyl groups is 1. The van der Waals surface area contributed by atoms with Crippen LogP contribution in [-0.4, -0.2) is 39.1 Å². The summed E-state index contributed by atoms with van der Waals surface area (Å²) in [6, 6.07) is 0. The van der Waals surface area contributed by atoms with Crippen LogP contribution in [-0.2, 0) is 17.8 Å². The van der Waals surface area contributed by atoms with Gasteiger partial charge in [0, 0.05) is 23.1 Å². The van der Waals surface area contributed by atoms with Crippen molar-refractivity contribution in [1.29, 1.82) is 0 Å². The lowest BCUT2D eigenvalue weighted by molar-refractivity contribution is -0.0379. The van der Waals surface area contributed by atoms with E-state index in [-0.39, 0.29) is 12.2 Å². The molecule has 1 aliphatic rings. The maximum Gasteiger partial charge on any atom is 0.191 e. The number of rotatable bonds is 5. The Bertz CT molecular complexity index is 713. The molecule has 0 amide bonds. The van der Waals surface area contributed by atoms with Crippen LogP contribution in [0.15, 0.2) is 5.16 Å². The Morgan fingerprint density at radius 2 is 2.17 bits per heavy atom. The Balaban J connectivity index is 2.11. The van der Waals surface area contributed by atoms with E-state index < -0.39 is 0 Å². The average Bonchev–Trinajstić information content (AvgIpc) is 2.80. The number of nitrogens with zero attached hydrogens (tertiary/aromatic N) is 2. The van der Waals surface area contributed by atoms with E-state index in [1.165, 1.54) is 10.4 Å². The number of hydrogen-bond acceptors (Lipinski definition) is 7. The van der Waals surface area contributed by atoms with E-state index in [9.17, 15) is 0 Å². The van der Waals surface area contributed by atoms with Gasteiger partial charge in [-0.25, -0.2) is 9.97 Å². The summed E-state index contributed by atoms with van der Waals surface area (Å²) in [5.74, 6) is 0.836. The molecule has 0 aliphatic carbocycles. The van der Waals surface area contributed by atoms with Crippen LogP contribution < -0.4 is 5.32 Å². The minimum Gasteiger partial charge on any atom is -0.395 e. The highest BCUT2D eigenvalue weighted by atomic mass is 32.2. The lowest BCUT2D eigenvalue weighted by Gasteiger charge is -2.30. The number of fused-ring (bicyclic) bond motifs is 3. The molecule has 0 fully saturated rings. The highest BCUT2D eigenvalue weighted by Gasteiger charge is 2.31. The Hall–Kier alpha value is -0.890. The summed E-state index contributed by atoms with van der Waals surface area (Å²) in [6.45, 7) is 9.70. The molecule has 0 spiro atoms. The predicted molar refractivity (Wildman–Crippen MR) is 96.6 cm³/mol. The molecule has 0 atom stereocenters. The quantitative estimate of drug-likeness (QED) is 0.634. The molecule has 2 aromatic heterocycles. The van der Waals surface area contributed by atoms with E-state index in [4.69, 9.17) is 19.8 Å². The van der Waals surface area contributed by atoms with Crippen LogP contribution in [0.4, 0.5) is 5.82 Å². The van der Waals surface area contributed by atoms with E-state index in [1.54, 1.807) is 23.1 Å². The summed E-state index contributed by atoms with van der Waals surface area (Å²) < 4.78 is 5.93. The second kappa shape index (κ2) is 6.55. The zero-order chi connectivity index (χ0) is 16.6. The molecule has 0 unspecified atom stereocenters. The lowest BCUT2D eigenvalue weighted by atomic mass is 9.94. The summed E-state index contributed by atoms with van der Waals surface area (Å²) >= 11 is 3.35. The molecule has 0 aromatic carbocycles. The van der Waals surface area contributed by atoms with Crippen molar-refractivity contribution in [3.05, 3.63) is 10.4 Å². The van der Waals surface area contributed by atoms with Crippen molar-refractivity contribution < 1.29 is 9.84 Å². The van der Waals surface area contributed by atoms with E-state index in [0.717, 1.165) is 27.6 Å². The van der Waals surface area contributed by atoms with Crippen LogP contribution in [0.3, 0.4) is 0 Å². The molecule has 0 saturated carbocycles. The largest absolute Gasteiger partial charge is 0.395 e. The fourth-order valence-corrected chi connectivity index (χ4v) is 4.56. The molecule has 0 saturated heterocycles. The first-order valence-electron chi connectivity index (χ1n) is 7.87. The van der Waals surface area contributed by atoms with Gasteiger partial charge in [0.05, 0.1) is 24.2 Å². The summed E-state index contributed by atoms with van der Waals surface area (Å²) in [4.78, 5) is 11.7. The smallest absolute Gasteiger partial charge is 0.191 e. The van der Waals surface area contributed by atoms with Gasteiger partial charge >= 0.3 is 0 Å². The molecular formula is C16H23N3O2S2. The maximum atomic E-state index is 9.16. The molecule has 3 heterocycles. The molecule has 0 radical (unpaired) electrons. The highest BCUT2D eigenvalue weighted by Crippen LogP contribution is 2.41. The molecule has 3 rings (SSSR count). The fourth-order valence-electron chi connectivity index (χ4n) is 2.69. The number of aromatic nitrogens is 2. The molecule has 2 N–H and O–H groups in total. The second-order valence-electron chi connectivity index (χ2n) is 6.58. The van der Waals surface area contributed by atoms with Crippen molar-refractivity contribution in [1.82, 2.24) is 9.97 Å². The average molecular weight is 354 g/mol. The normalized spacial score (nSPS) is 16.8. The van der Waals surface area contributed by atoms with E-state index in [0.29, 0.717) is 18.4 Å². The Kier molecular flexibility index (Phi) is 4.83. The van der Waals surface area contributed by atoms with Gasteiger partial charge in [0.2, 0.25) is 0 Å². The standard InChI is InChI=1S/C16H23N3O2S2/c1-9(2)22-15-18-13(17-5-6-20)12-10-7-16(3,4)21-8-11(10)23-14(12)19-15/h9,20H,5-8H2,1-4H3,(H,17,18,19). The monoisotopic (exact) mass is 353 g/mol. The number of aliphatic hydroxyl groups excluding tert-OH is 1. The van der Waals surface area contributed by atoms with Gasteiger partial charge in [-0.2, -0.15) is 0 Å². The first-order valence-corrected chi connectivity index (χ1v) is 9.57. The fraction of sp³-hybridized carbons (Fsp3) is 0.625. The van der Waals surface area contributed by atoms with Gasteiger partial charge in [0.15, 0.2) is 5.16 Å². The Morgan fingerprint density at radius 3 is 2.87 bits per heavy atom. The number of ether oxygens (including phenoxy) is 1. The SMILES string of the molecule is CC(C)Sc1nc(NCCO)c2c3c(sc2n1)COC(C)(C)C3. The summed E-state index contributed by atoms with van der Waals surface area (Å²) in [6.07, 6.45) is 0.857. The van der Waals surface area contributed by atoms with E-state index >= 15 is 0 Å². The molecule has 5 nitrogen and oxygen atoms in total. The molecular weight excluding hydrogens is 330 g/mol. The van der Waals surface area contributed by atoms with Gasteiger partial charge in [0.25, 0.3) is 0 Å². The predicted octanol–water partition coefficient (Wildman–Crippen LogP) is 3.45. The molecule has 1 aliphatic heterocycles. The topological polar surface area (TPSA) is 67.3 Å². The Morgan fingerprint density at radius 1 is 1.39 bits per heavy atom. The Labute approximate surface area is 144 Å². The third kappa shape index (κ3) is 3.63. The van der Waals surface area contributed by atoms with Gasteiger partial charge in [-0.3, -0.25) is 0 Å². The van der Waals surface area contributed by atoms with Crippen molar-refractivity contribution >= 4 is 39.1 Å². The summed E-state index contributed by atoms with van der Waals surface area (Å²) in [7, 11) is 0. The van der Waals surface area contributed by atoms with Crippen molar-refractivity contribution in [3.8, 4) is 0 Å². The summed E-state index contributed by atoms with van der Waals surface area (Å²) in [5, 5.41) is 14.7. The highest BCUT2D eigenvalue weighted by molar-refractivity contribution is 7.99. The van der Waals surface area contributed by atoms with Crippen molar-refractivity contribution in [2.24, 2.45) is 0 Å². The van der Waals surface area contributed by atoms with Crippen molar-refractivity contribution in [2.75, 3.05) is 18.5 Å². The minimum atomic E-state index is -0.166. The maximum absolute atomic E-state index is 9.16. The minimum absolute atomic E-state index is 0.0824. The van der Waals surface area contributed by atoms with Gasteiger partial charge in [-0.15, -0.1) is 11.3 Å². The van der Waals surface area contributed by atoms with Crippen molar-refractivity contribution in [2.45, 2.75) is 56.7 Å². The number of hydrogen-bond donors (Lipinski definition) is 2. The zero-order valence-corrected chi connectivity index (χ0v) is 15.6. The molecule has 126 valence electrons.